The topological polar surface area (TPSA) is 86.8 Å². The van der Waals surface area contributed by atoms with Crippen molar-refractivity contribution in [2.24, 2.45) is 0 Å². The molecule has 3 rings (SSSR count). The van der Waals surface area contributed by atoms with Gasteiger partial charge in [-0.1, -0.05) is 71.7 Å². The fourth-order valence-electron chi connectivity index (χ4n) is 4.36. The molecule has 2 amide bonds. The largest absolute Gasteiger partial charge is 0.357 e. The summed E-state index contributed by atoms with van der Waals surface area (Å²) in [5.74, 6) is -0.542. The van der Waals surface area contributed by atoms with Crippen molar-refractivity contribution >= 4 is 50.7 Å². The van der Waals surface area contributed by atoms with Crippen molar-refractivity contribution in [3.05, 3.63) is 99.5 Å². The van der Waals surface area contributed by atoms with Crippen LogP contribution in [0.5, 0.6) is 0 Å². The molecule has 0 spiro atoms. The molecule has 0 heterocycles. The molecule has 3 aromatic rings. The molecule has 0 fully saturated rings. The molecule has 0 aliphatic carbocycles. The smallest absolute Gasteiger partial charge is 0.242 e. The Labute approximate surface area is 240 Å². The van der Waals surface area contributed by atoms with Crippen molar-refractivity contribution in [3.8, 4) is 0 Å². The number of hydrogen-bond donors (Lipinski definition) is 1. The van der Waals surface area contributed by atoms with Gasteiger partial charge in [0.1, 0.15) is 6.04 Å². The van der Waals surface area contributed by atoms with Crippen LogP contribution in [0.3, 0.4) is 0 Å². The van der Waals surface area contributed by atoms with Crippen molar-refractivity contribution in [3.63, 3.8) is 0 Å². The summed E-state index contributed by atoms with van der Waals surface area (Å²) in [6.07, 6.45) is 1.75. The Morgan fingerprint density at radius 3 is 2.21 bits per heavy atom. The predicted molar refractivity (Wildman–Crippen MR) is 158 cm³/mol. The Morgan fingerprint density at radius 2 is 1.59 bits per heavy atom. The van der Waals surface area contributed by atoms with Gasteiger partial charge in [0.2, 0.25) is 21.8 Å². The van der Waals surface area contributed by atoms with Crippen molar-refractivity contribution in [2.45, 2.75) is 38.8 Å². The van der Waals surface area contributed by atoms with E-state index in [2.05, 4.69) is 5.32 Å². The van der Waals surface area contributed by atoms with Gasteiger partial charge in [-0.25, -0.2) is 8.42 Å². The minimum absolute atomic E-state index is 0.0432. The molecule has 10 heteroatoms. The number of carbonyl (C=O) groups is 2. The molecule has 0 aromatic heterocycles. The number of amides is 2. The lowest BCUT2D eigenvalue weighted by atomic mass is 10.0. The van der Waals surface area contributed by atoms with Crippen LogP contribution >= 0.6 is 23.2 Å². The van der Waals surface area contributed by atoms with Crippen molar-refractivity contribution in [1.29, 1.82) is 0 Å². The summed E-state index contributed by atoms with van der Waals surface area (Å²) in [5, 5.41) is 3.72. The van der Waals surface area contributed by atoms with Gasteiger partial charge in [-0.2, -0.15) is 0 Å². The molecule has 1 N–H and O–H groups in total. The Kier molecular flexibility index (Phi) is 10.8. The van der Waals surface area contributed by atoms with Gasteiger partial charge in [0, 0.05) is 43.0 Å². The highest BCUT2D eigenvalue weighted by Gasteiger charge is 2.30. The van der Waals surface area contributed by atoms with Crippen molar-refractivity contribution in [1.82, 2.24) is 10.2 Å². The maximum Gasteiger partial charge on any atom is 0.242 e. The first-order valence-electron chi connectivity index (χ1n) is 12.5. The predicted octanol–water partition coefficient (Wildman–Crippen LogP) is 5.23. The third-order valence-electron chi connectivity index (χ3n) is 6.44. The summed E-state index contributed by atoms with van der Waals surface area (Å²) in [4.78, 5) is 28.3. The second-order valence-corrected chi connectivity index (χ2v) is 12.0. The molecule has 0 saturated carbocycles. The molecule has 0 aliphatic rings. The average molecular weight is 591 g/mol. The zero-order chi connectivity index (χ0) is 28.6. The van der Waals surface area contributed by atoms with Crippen LogP contribution in [0.1, 0.15) is 29.5 Å². The van der Waals surface area contributed by atoms with Gasteiger partial charge in [0.15, 0.2) is 0 Å². The molecule has 7 nitrogen and oxygen atoms in total. The van der Waals surface area contributed by atoms with E-state index >= 15 is 0 Å². The maximum absolute atomic E-state index is 13.7. The highest BCUT2D eigenvalue weighted by Crippen LogP contribution is 2.28. The second kappa shape index (κ2) is 13.8. The number of rotatable bonds is 12. The molecule has 208 valence electrons. The summed E-state index contributed by atoms with van der Waals surface area (Å²) >= 11 is 12.3. The van der Waals surface area contributed by atoms with Gasteiger partial charge in [0.25, 0.3) is 0 Å². The molecule has 1 atom stereocenters. The zero-order valence-electron chi connectivity index (χ0n) is 22.2. The van der Waals surface area contributed by atoms with Crippen LogP contribution in [0.4, 0.5) is 5.69 Å². The molecule has 3 aromatic carbocycles. The van der Waals surface area contributed by atoms with E-state index in [1.807, 2.05) is 42.5 Å². The average Bonchev–Trinajstić information content (AvgIpc) is 2.91. The van der Waals surface area contributed by atoms with Crippen LogP contribution in [-0.4, -0.2) is 51.0 Å². The van der Waals surface area contributed by atoms with Gasteiger partial charge in [-0.15, -0.1) is 0 Å². The highest BCUT2D eigenvalue weighted by atomic mass is 35.5. The number of nitrogens with zero attached hydrogens (tertiary/aromatic N) is 2. The number of sulfonamides is 1. The quantitative estimate of drug-likeness (QED) is 0.313. The van der Waals surface area contributed by atoms with Crippen LogP contribution in [0.15, 0.2) is 72.8 Å². The normalized spacial score (nSPS) is 12.0. The first-order valence-corrected chi connectivity index (χ1v) is 15.1. The number of carbonyl (C=O) groups excluding carboxylic acids is 2. The lowest BCUT2D eigenvalue weighted by Gasteiger charge is -2.31. The summed E-state index contributed by atoms with van der Waals surface area (Å²) < 4.78 is 26.5. The monoisotopic (exact) mass is 589 g/mol. The molecular formula is C29H33Cl2N3O4S. The van der Waals surface area contributed by atoms with E-state index in [9.17, 15) is 18.0 Å². The number of hydrogen-bond acceptors (Lipinski definition) is 4. The van der Waals surface area contributed by atoms with Crippen molar-refractivity contribution in [2.75, 3.05) is 24.2 Å². The Balaban J connectivity index is 1.86. The molecule has 39 heavy (non-hydrogen) atoms. The standard InChI is InChI=1S/C29H33Cl2N3O4S/c1-21-25(31)11-7-12-26(21)34(39(3,37)38)18-8-13-28(35)33(20-23-14-16-24(30)17-15-23)27(29(36)32-2)19-22-9-5-4-6-10-22/h4-7,9-12,14-17,27H,8,13,18-20H2,1-3H3,(H,32,36)/t27-/m1/s1. The summed E-state index contributed by atoms with van der Waals surface area (Å²) in [7, 11) is -2.09. The Hall–Kier alpha value is -3.07. The van der Waals surface area contributed by atoms with Gasteiger partial charge in [-0.05, 0) is 54.3 Å². The zero-order valence-corrected chi connectivity index (χ0v) is 24.6. The van der Waals surface area contributed by atoms with Crippen LogP contribution in [0, 0.1) is 6.92 Å². The molecular weight excluding hydrogens is 557 g/mol. The number of likely N-dealkylation sites (N-methyl/N-ethyl adjacent to an activating group) is 1. The second-order valence-electron chi connectivity index (χ2n) is 9.29. The number of halogens is 2. The number of benzene rings is 3. The molecule has 0 radical (unpaired) electrons. The van der Waals surface area contributed by atoms with Gasteiger partial charge >= 0.3 is 0 Å². The first kappa shape index (κ1) is 30.5. The fraction of sp³-hybridized carbons (Fsp3) is 0.310. The molecule has 0 saturated heterocycles. The van der Waals surface area contributed by atoms with Crippen LogP contribution in [0.25, 0.3) is 0 Å². The van der Waals surface area contributed by atoms with E-state index in [1.165, 1.54) is 4.31 Å². The first-order chi connectivity index (χ1) is 18.5. The van der Waals surface area contributed by atoms with E-state index in [1.54, 1.807) is 49.2 Å². The SMILES string of the molecule is CNC(=O)[C@@H](Cc1ccccc1)N(Cc1ccc(Cl)cc1)C(=O)CCCN(c1cccc(Cl)c1C)S(C)(=O)=O. The summed E-state index contributed by atoms with van der Waals surface area (Å²) in [6.45, 7) is 2.04. The van der Waals surface area contributed by atoms with Gasteiger partial charge in [0.05, 0.1) is 11.9 Å². The molecule has 0 bridgehead atoms. The third-order valence-corrected chi connectivity index (χ3v) is 8.29. The molecule has 0 aliphatic heterocycles. The van der Waals surface area contributed by atoms with E-state index in [4.69, 9.17) is 23.2 Å². The number of nitrogens with one attached hydrogen (secondary N) is 1. The lowest BCUT2D eigenvalue weighted by Crippen LogP contribution is -2.49. The minimum Gasteiger partial charge on any atom is -0.357 e. The third kappa shape index (κ3) is 8.46. The van der Waals surface area contributed by atoms with Gasteiger partial charge in [-0.3, -0.25) is 13.9 Å². The Morgan fingerprint density at radius 1 is 0.923 bits per heavy atom. The lowest BCUT2D eigenvalue weighted by molar-refractivity contribution is -0.141. The van der Waals surface area contributed by atoms with Crippen LogP contribution < -0.4 is 9.62 Å². The van der Waals surface area contributed by atoms with Crippen LogP contribution in [0.2, 0.25) is 10.0 Å². The number of anilines is 1. The van der Waals surface area contributed by atoms with Gasteiger partial charge < -0.3 is 10.2 Å². The van der Waals surface area contributed by atoms with E-state index in [-0.39, 0.29) is 37.7 Å². The fourth-order valence-corrected chi connectivity index (χ4v) is 5.67. The molecule has 0 unspecified atom stereocenters. The summed E-state index contributed by atoms with van der Waals surface area (Å²) in [5.41, 5.74) is 2.85. The van der Waals surface area contributed by atoms with Crippen LogP contribution in [-0.2, 0) is 32.6 Å². The highest BCUT2D eigenvalue weighted by molar-refractivity contribution is 7.92. The maximum atomic E-state index is 13.7. The van der Waals surface area contributed by atoms with Crippen molar-refractivity contribution < 1.29 is 18.0 Å². The van der Waals surface area contributed by atoms with E-state index < -0.39 is 16.1 Å². The summed E-state index contributed by atoms with van der Waals surface area (Å²) in [6, 6.07) is 20.9. The van der Waals surface area contributed by atoms with E-state index in [0.717, 1.165) is 17.4 Å². The Bertz CT molecular complexity index is 1380. The van der Waals surface area contributed by atoms with E-state index in [0.29, 0.717) is 27.7 Å². The minimum atomic E-state index is -3.63.